The van der Waals surface area contributed by atoms with Crippen LogP contribution in [-0.2, 0) is 15.8 Å². The maximum absolute atomic E-state index is 13.7. The fourth-order valence-corrected chi connectivity index (χ4v) is 5.23. The summed E-state index contributed by atoms with van der Waals surface area (Å²) in [5, 5.41) is 13.1. The summed E-state index contributed by atoms with van der Waals surface area (Å²) >= 11 is 0. The van der Waals surface area contributed by atoms with Crippen LogP contribution in [0.1, 0.15) is 82.9 Å². The summed E-state index contributed by atoms with van der Waals surface area (Å²) in [6.07, 6.45) is -2.09. The average molecular weight is 494 g/mol. The van der Waals surface area contributed by atoms with Gasteiger partial charge in [0.15, 0.2) is 5.60 Å². The molecule has 1 aliphatic carbocycles. The van der Waals surface area contributed by atoms with Gasteiger partial charge in [-0.25, -0.2) is 4.39 Å². The maximum Gasteiger partial charge on any atom is 0.421 e. The van der Waals surface area contributed by atoms with Crippen molar-refractivity contribution in [1.82, 2.24) is 5.32 Å². The number of hydrogen-bond acceptors (Lipinski definition) is 2. The molecule has 1 aliphatic rings. The molecule has 192 valence electrons. The fourth-order valence-electron chi connectivity index (χ4n) is 5.23. The van der Waals surface area contributed by atoms with Crippen LogP contribution in [0.2, 0.25) is 0 Å². The molecule has 1 amide bonds. The third-order valence-electron chi connectivity index (χ3n) is 7.28. The number of halogens is 4. The molecule has 3 rings (SSSR count). The van der Waals surface area contributed by atoms with Crippen LogP contribution in [0.4, 0.5) is 17.6 Å². The minimum absolute atomic E-state index is 0.0249. The normalized spacial score (nSPS) is 25.4. The lowest BCUT2D eigenvalue weighted by molar-refractivity contribution is -0.258. The van der Waals surface area contributed by atoms with Gasteiger partial charge in [-0.15, -0.1) is 0 Å². The molecule has 2 aromatic carbocycles. The first-order chi connectivity index (χ1) is 16.0. The zero-order valence-electron chi connectivity index (χ0n) is 21.0. The second kappa shape index (κ2) is 9.57. The van der Waals surface area contributed by atoms with Crippen molar-refractivity contribution in [1.29, 1.82) is 0 Å². The van der Waals surface area contributed by atoms with E-state index in [1.165, 1.54) is 24.3 Å². The molecule has 3 nitrogen and oxygen atoms in total. The smallest absolute Gasteiger partial charge is 0.376 e. The number of aliphatic hydroxyl groups is 1. The SMILES string of the molecule is CC(C)(C)NC(=O)C1CCC[C@@H](c2ccc(C(C)(O)C(F)(F)F)cc2)[C@@](C)(c2ccc(F)cc2)C1. The van der Waals surface area contributed by atoms with Crippen LogP contribution >= 0.6 is 0 Å². The molecule has 4 atom stereocenters. The lowest BCUT2D eigenvalue weighted by Gasteiger charge is -2.39. The number of carbonyl (C=O) groups is 1. The largest absolute Gasteiger partial charge is 0.421 e. The van der Waals surface area contributed by atoms with E-state index in [9.17, 15) is 27.5 Å². The van der Waals surface area contributed by atoms with Crippen molar-refractivity contribution in [2.24, 2.45) is 5.92 Å². The predicted molar refractivity (Wildman–Crippen MR) is 128 cm³/mol. The van der Waals surface area contributed by atoms with Crippen LogP contribution < -0.4 is 5.32 Å². The maximum atomic E-state index is 13.7. The highest BCUT2D eigenvalue weighted by molar-refractivity contribution is 5.79. The Balaban J connectivity index is 2.02. The van der Waals surface area contributed by atoms with Crippen molar-refractivity contribution in [2.75, 3.05) is 0 Å². The quantitative estimate of drug-likeness (QED) is 0.366. The molecule has 0 aliphatic heterocycles. The van der Waals surface area contributed by atoms with E-state index in [1.807, 2.05) is 27.7 Å². The summed E-state index contributed by atoms with van der Waals surface area (Å²) in [5.74, 6) is -0.740. The molecule has 35 heavy (non-hydrogen) atoms. The van der Waals surface area contributed by atoms with Gasteiger partial charge in [0.05, 0.1) is 0 Å². The van der Waals surface area contributed by atoms with Gasteiger partial charge in [-0.2, -0.15) is 13.2 Å². The zero-order valence-corrected chi connectivity index (χ0v) is 21.0. The van der Waals surface area contributed by atoms with Crippen LogP contribution in [0.5, 0.6) is 0 Å². The standard InChI is InChI=1S/C28H35F4NO2/c1-25(2,3)33-24(34)19-7-6-8-23(26(4,17-19)20-13-15-22(29)16-14-20)18-9-11-21(12-10-18)27(5,35)28(30,31)32/h9-16,19,23,35H,6-8,17H2,1-5H3,(H,33,34)/t19?,23-,26+,27?/m0/s1. The molecule has 0 spiro atoms. The molecule has 2 aromatic rings. The summed E-state index contributed by atoms with van der Waals surface area (Å²) in [4.78, 5) is 13.1. The number of alkyl halides is 3. The number of hydrogen-bond donors (Lipinski definition) is 2. The molecule has 0 aromatic heterocycles. The summed E-state index contributed by atoms with van der Waals surface area (Å²) in [6, 6.07) is 12.2. The Morgan fingerprint density at radius 2 is 1.54 bits per heavy atom. The van der Waals surface area contributed by atoms with Gasteiger partial charge in [0, 0.05) is 16.9 Å². The second-order valence-electron chi connectivity index (χ2n) is 11.2. The average Bonchev–Trinajstić information content (AvgIpc) is 2.92. The van der Waals surface area contributed by atoms with E-state index in [2.05, 4.69) is 5.32 Å². The Bertz CT molecular complexity index is 1020. The lowest BCUT2D eigenvalue weighted by atomic mass is 9.65. The molecule has 0 radical (unpaired) electrons. The first-order valence-electron chi connectivity index (χ1n) is 12.0. The van der Waals surface area contributed by atoms with Gasteiger partial charge in [-0.1, -0.05) is 49.7 Å². The Kier molecular flexibility index (Phi) is 7.43. The molecule has 1 saturated carbocycles. The molecule has 7 heteroatoms. The lowest BCUT2D eigenvalue weighted by Crippen LogP contribution is -2.45. The highest BCUT2D eigenvalue weighted by Crippen LogP contribution is 2.50. The molecule has 0 saturated heterocycles. The molecule has 2 N–H and O–H groups in total. The van der Waals surface area contributed by atoms with E-state index < -0.39 is 17.2 Å². The van der Waals surface area contributed by atoms with Crippen LogP contribution in [0.15, 0.2) is 48.5 Å². The van der Waals surface area contributed by atoms with Crippen molar-refractivity contribution in [3.8, 4) is 0 Å². The van der Waals surface area contributed by atoms with Gasteiger partial charge in [-0.05, 0) is 81.7 Å². The van der Waals surface area contributed by atoms with Crippen LogP contribution in [0, 0.1) is 11.7 Å². The van der Waals surface area contributed by atoms with Gasteiger partial charge < -0.3 is 10.4 Å². The Morgan fingerprint density at radius 1 is 0.971 bits per heavy atom. The summed E-state index contributed by atoms with van der Waals surface area (Å²) in [7, 11) is 0. The molecular weight excluding hydrogens is 458 g/mol. The highest BCUT2D eigenvalue weighted by atomic mass is 19.4. The first kappa shape index (κ1) is 27.2. The van der Waals surface area contributed by atoms with E-state index in [0.717, 1.165) is 30.9 Å². The van der Waals surface area contributed by atoms with E-state index in [4.69, 9.17) is 0 Å². The topological polar surface area (TPSA) is 49.3 Å². The van der Waals surface area contributed by atoms with Crippen molar-refractivity contribution >= 4 is 5.91 Å². The molecule has 0 heterocycles. The van der Waals surface area contributed by atoms with Gasteiger partial charge in [0.25, 0.3) is 0 Å². The van der Waals surface area contributed by atoms with E-state index in [-0.39, 0.29) is 34.7 Å². The number of amides is 1. The third-order valence-corrected chi connectivity index (χ3v) is 7.28. The van der Waals surface area contributed by atoms with Gasteiger partial charge in [0.2, 0.25) is 5.91 Å². The molecule has 1 fully saturated rings. The van der Waals surface area contributed by atoms with E-state index in [0.29, 0.717) is 12.8 Å². The number of benzene rings is 2. The summed E-state index contributed by atoms with van der Waals surface area (Å²) in [5.41, 5.74) is -2.40. The number of nitrogens with one attached hydrogen (secondary N) is 1. The molecule has 0 bridgehead atoms. The van der Waals surface area contributed by atoms with Gasteiger partial charge in [0.1, 0.15) is 5.82 Å². The van der Waals surface area contributed by atoms with Crippen molar-refractivity contribution in [2.45, 2.75) is 89.0 Å². The Morgan fingerprint density at radius 3 is 2.06 bits per heavy atom. The van der Waals surface area contributed by atoms with E-state index >= 15 is 0 Å². The minimum Gasteiger partial charge on any atom is -0.376 e. The summed E-state index contributed by atoms with van der Waals surface area (Å²) < 4.78 is 53.7. The van der Waals surface area contributed by atoms with Crippen molar-refractivity contribution < 1.29 is 27.5 Å². The Hall–Kier alpha value is -2.41. The molecule has 2 unspecified atom stereocenters. The van der Waals surface area contributed by atoms with Crippen molar-refractivity contribution in [3.63, 3.8) is 0 Å². The monoisotopic (exact) mass is 493 g/mol. The Labute approximate surface area is 204 Å². The number of carbonyl (C=O) groups excluding carboxylic acids is 1. The third kappa shape index (κ3) is 5.88. The highest BCUT2D eigenvalue weighted by Gasteiger charge is 2.51. The fraction of sp³-hybridized carbons (Fsp3) is 0.536. The van der Waals surface area contributed by atoms with Crippen LogP contribution in [0.3, 0.4) is 0 Å². The minimum atomic E-state index is -4.80. The number of rotatable bonds is 4. The van der Waals surface area contributed by atoms with Crippen LogP contribution in [-0.4, -0.2) is 22.7 Å². The second-order valence-corrected chi connectivity index (χ2v) is 11.2. The van der Waals surface area contributed by atoms with Crippen LogP contribution in [0.25, 0.3) is 0 Å². The van der Waals surface area contributed by atoms with Gasteiger partial charge in [-0.3, -0.25) is 4.79 Å². The molecular formula is C28H35F4NO2. The van der Waals surface area contributed by atoms with Gasteiger partial charge >= 0.3 is 6.18 Å². The zero-order chi connectivity index (χ0) is 26.2. The summed E-state index contributed by atoms with van der Waals surface area (Å²) in [6.45, 7) is 8.59. The predicted octanol–water partition coefficient (Wildman–Crippen LogP) is 6.74. The first-order valence-corrected chi connectivity index (χ1v) is 12.0. The van der Waals surface area contributed by atoms with Crippen molar-refractivity contribution in [3.05, 3.63) is 71.0 Å². The van der Waals surface area contributed by atoms with E-state index in [1.54, 1.807) is 24.3 Å².